The number of aromatic nitrogens is 3. The molecule has 6 nitrogen and oxygen atoms in total. The van der Waals surface area contributed by atoms with Crippen molar-refractivity contribution in [2.24, 2.45) is 0 Å². The Kier molecular flexibility index (Phi) is 4.93. The van der Waals surface area contributed by atoms with Crippen molar-refractivity contribution in [3.63, 3.8) is 0 Å². The lowest BCUT2D eigenvalue weighted by atomic mass is 10.2. The summed E-state index contributed by atoms with van der Waals surface area (Å²) in [6.07, 6.45) is 2.38. The van der Waals surface area contributed by atoms with Gasteiger partial charge in [-0.25, -0.2) is 4.98 Å². The summed E-state index contributed by atoms with van der Waals surface area (Å²) in [5, 5.41) is 12.9. The van der Waals surface area contributed by atoms with Gasteiger partial charge in [0, 0.05) is 17.2 Å². The molecule has 0 aliphatic heterocycles. The number of rotatable bonds is 5. The van der Waals surface area contributed by atoms with Gasteiger partial charge < -0.3 is 10.6 Å². The molecule has 0 atom stereocenters. The Balaban J connectivity index is 0.00000161. The number of carbonyl (C=O) groups is 1. The molecule has 1 heterocycles. The van der Waals surface area contributed by atoms with Crippen molar-refractivity contribution in [2.45, 2.75) is 18.8 Å². The van der Waals surface area contributed by atoms with Crippen LogP contribution in [0.2, 0.25) is 0 Å². The number of hydrogen-bond donors (Lipinski definition) is 3. The van der Waals surface area contributed by atoms with E-state index in [0.29, 0.717) is 11.7 Å². The number of halogens is 1. The van der Waals surface area contributed by atoms with E-state index in [2.05, 4.69) is 25.8 Å². The van der Waals surface area contributed by atoms with E-state index >= 15 is 0 Å². The van der Waals surface area contributed by atoms with Crippen LogP contribution >= 0.6 is 12.4 Å². The minimum absolute atomic E-state index is 0. The lowest BCUT2D eigenvalue weighted by Crippen LogP contribution is -2.24. The van der Waals surface area contributed by atoms with Crippen molar-refractivity contribution >= 4 is 24.0 Å². The van der Waals surface area contributed by atoms with Crippen LogP contribution < -0.4 is 10.6 Å². The van der Waals surface area contributed by atoms with E-state index in [0.717, 1.165) is 17.1 Å². The van der Waals surface area contributed by atoms with Crippen LogP contribution in [0, 0.1) is 0 Å². The number of carbonyl (C=O) groups excluding carboxylic acids is 1. The van der Waals surface area contributed by atoms with E-state index in [-0.39, 0.29) is 24.9 Å². The van der Waals surface area contributed by atoms with Crippen LogP contribution in [0.25, 0.3) is 11.4 Å². The van der Waals surface area contributed by atoms with E-state index in [1.807, 2.05) is 24.3 Å². The fourth-order valence-corrected chi connectivity index (χ4v) is 2.04. The molecule has 3 rings (SSSR count). The molecule has 7 heteroatoms. The Labute approximate surface area is 129 Å². The maximum atomic E-state index is 11.6. The first kappa shape index (κ1) is 15.5. The summed E-state index contributed by atoms with van der Waals surface area (Å²) >= 11 is 0. The first-order chi connectivity index (χ1) is 9.76. The normalized spacial score (nSPS) is 13.6. The van der Waals surface area contributed by atoms with Gasteiger partial charge in [-0.15, -0.1) is 12.4 Å². The van der Waals surface area contributed by atoms with Gasteiger partial charge in [-0.05, 0) is 32.0 Å². The Hall–Kier alpha value is -1.92. The highest BCUT2D eigenvalue weighted by Crippen LogP contribution is 2.38. The molecular formula is C14H18ClN5O. The second-order valence-corrected chi connectivity index (χ2v) is 4.98. The Bertz CT molecular complexity index is 623. The minimum atomic E-state index is -0.0710. The van der Waals surface area contributed by atoms with Crippen molar-refractivity contribution < 1.29 is 4.79 Å². The number of nitrogens with zero attached hydrogens (tertiary/aromatic N) is 2. The molecular weight excluding hydrogens is 290 g/mol. The maximum absolute atomic E-state index is 11.6. The van der Waals surface area contributed by atoms with E-state index < -0.39 is 0 Å². The third-order valence-corrected chi connectivity index (χ3v) is 3.21. The number of nitrogens with one attached hydrogen (secondary N) is 3. The molecule has 1 aromatic heterocycles. The second-order valence-electron chi connectivity index (χ2n) is 4.98. The zero-order valence-electron chi connectivity index (χ0n) is 11.7. The fraction of sp³-hybridized carbons (Fsp3) is 0.357. The molecule has 0 bridgehead atoms. The topological polar surface area (TPSA) is 82.7 Å². The standard InChI is InChI=1S/C14H17N5O.ClH/c1-15-8-12(20)16-11-4-2-3-10(7-11)14-17-13(18-19-14)9-5-6-9;/h2-4,7,9,15H,5-6,8H2,1H3,(H,16,20)(H,17,18,19);1H. The second kappa shape index (κ2) is 6.69. The molecule has 1 saturated carbocycles. The molecule has 1 aliphatic carbocycles. The first-order valence-electron chi connectivity index (χ1n) is 6.73. The number of benzene rings is 1. The molecule has 0 unspecified atom stereocenters. The monoisotopic (exact) mass is 307 g/mol. The third-order valence-electron chi connectivity index (χ3n) is 3.21. The number of anilines is 1. The number of likely N-dealkylation sites (N-methyl/N-ethyl adjacent to an activating group) is 1. The van der Waals surface area contributed by atoms with Gasteiger partial charge in [-0.2, -0.15) is 5.10 Å². The quantitative estimate of drug-likeness (QED) is 0.788. The molecule has 1 fully saturated rings. The molecule has 1 amide bonds. The summed E-state index contributed by atoms with van der Waals surface area (Å²) in [5.41, 5.74) is 1.65. The van der Waals surface area contributed by atoms with Crippen molar-refractivity contribution in [1.29, 1.82) is 0 Å². The van der Waals surface area contributed by atoms with E-state index in [1.54, 1.807) is 7.05 Å². The molecule has 1 aromatic carbocycles. The van der Waals surface area contributed by atoms with Gasteiger partial charge in [0.05, 0.1) is 6.54 Å². The fourth-order valence-electron chi connectivity index (χ4n) is 2.04. The lowest BCUT2D eigenvalue weighted by molar-refractivity contribution is -0.115. The van der Waals surface area contributed by atoms with Crippen molar-refractivity contribution in [1.82, 2.24) is 20.5 Å². The highest BCUT2D eigenvalue weighted by molar-refractivity contribution is 5.92. The van der Waals surface area contributed by atoms with E-state index in [1.165, 1.54) is 12.8 Å². The summed E-state index contributed by atoms with van der Waals surface area (Å²) < 4.78 is 0. The smallest absolute Gasteiger partial charge is 0.238 e. The molecule has 0 spiro atoms. The van der Waals surface area contributed by atoms with E-state index in [4.69, 9.17) is 0 Å². The Morgan fingerprint density at radius 2 is 2.24 bits per heavy atom. The van der Waals surface area contributed by atoms with Crippen LogP contribution in [-0.4, -0.2) is 34.7 Å². The number of amides is 1. The van der Waals surface area contributed by atoms with Gasteiger partial charge in [0.1, 0.15) is 5.82 Å². The summed E-state index contributed by atoms with van der Waals surface area (Å²) in [7, 11) is 1.74. The molecule has 1 aliphatic rings. The van der Waals surface area contributed by atoms with Crippen LogP contribution in [0.5, 0.6) is 0 Å². The summed E-state index contributed by atoms with van der Waals surface area (Å²) in [5.74, 6) is 2.12. The summed E-state index contributed by atoms with van der Waals surface area (Å²) in [6.45, 7) is 0.288. The molecule has 112 valence electrons. The highest BCUT2D eigenvalue weighted by Gasteiger charge is 2.27. The van der Waals surface area contributed by atoms with Crippen molar-refractivity contribution in [3.8, 4) is 11.4 Å². The predicted octanol–water partition coefficient (Wildman–Crippen LogP) is 1.93. The van der Waals surface area contributed by atoms with Crippen LogP contribution in [-0.2, 0) is 4.79 Å². The van der Waals surface area contributed by atoms with Gasteiger partial charge in [-0.1, -0.05) is 12.1 Å². The van der Waals surface area contributed by atoms with Crippen molar-refractivity contribution in [3.05, 3.63) is 30.1 Å². The maximum Gasteiger partial charge on any atom is 0.238 e. The molecule has 0 saturated heterocycles. The predicted molar refractivity (Wildman–Crippen MR) is 83.6 cm³/mol. The zero-order valence-corrected chi connectivity index (χ0v) is 12.5. The Morgan fingerprint density at radius 1 is 1.43 bits per heavy atom. The average molecular weight is 308 g/mol. The minimum Gasteiger partial charge on any atom is -0.325 e. The molecule has 2 aromatic rings. The number of hydrogen-bond acceptors (Lipinski definition) is 4. The number of H-pyrrole nitrogens is 1. The molecule has 3 N–H and O–H groups in total. The van der Waals surface area contributed by atoms with Crippen molar-refractivity contribution in [2.75, 3.05) is 18.9 Å². The van der Waals surface area contributed by atoms with Crippen LogP contribution in [0.3, 0.4) is 0 Å². The summed E-state index contributed by atoms with van der Waals surface area (Å²) in [4.78, 5) is 16.1. The van der Waals surface area contributed by atoms with Crippen LogP contribution in [0.15, 0.2) is 24.3 Å². The van der Waals surface area contributed by atoms with Gasteiger partial charge in [0.2, 0.25) is 5.91 Å². The van der Waals surface area contributed by atoms with Crippen LogP contribution in [0.4, 0.5) is 5.69 Å². The largest absolute Gasteiger partial charge is 0.325 e. The van der Waals surface area contributed by atoms with Gasteiger partial charge >= 0.3 is 0 Å². The van der Waals surface area contributed by atoms with Gasteiger partial charge in [0.15, 0.2) is 5.82 Å². The van der Waals surface area contributed by atoms with Gasteiger partial charge in [0.25, 0.3) is 0 Å². The molecule has 21 heavy (non-hydrogen) atoms. The highest BCUT2D eigenvalue weighted by atomic mass is 35.5. The first-order valence-corrected chi connectivity index (χ1v) is 6.73. The summed E-state index contributed by atoms with van der Waals surface area (Å²) in [6, 6.07) is 7.56. The Morgan fingerprint density at radius 3 is 2.95 bits per heavy atom. The van der Waals surface area contributed by atoms with Crippen LogP contribution in [0.1, 0.15) is 24.6 Å². The third kappa shape index (κ3) is 3.80. The lowest BCUT2D eigenvalue weighted by Gasteiger charge is -2.05. The zero-order chi connectivity index (χ0) is 13.9. The SMILES string of the molecule is CNCC(=O)Nc1cccc(-c2n[nH]c(C3CC3)n2)c1.Cl. The molecule has 0 radical (unpaired) electrons. The average Bonchev–Trinajstić information content (AvgIpc) is 3.17. The van der Waals surface area contributed by atoms with Gasteiger partial charge in [-0.3, -0.25) is 9.89 Å². The van der Waals surface area contributed by atoms with E-state index in [9.17, 15) is 4.79 Å². The number of aromatic amines is 1.